The predicted octanol–water partition coefficient (Wildman–Crippen LogP) is 1.98. The van der Waals surface area contributed by atoms with E-state index in [1.165, 1.54) is 38.2 Å². The number of halogens is 1. The van der Waals surface area contributed by atoms with Crippen LogP contribution in [0.1, 0.15) is 19.8 Å². The number of nitrogens with zero attached hydrogens (tertiary/aromatic N) is 1. The molecular weight excluding hydrogens is 218 g/mol. The highest BCUT2D eigenvalue weighted by molar-refractivity contribution is 8.00. The molecule has 0 saturated carbocycles. The van der Waals surface area contributed by atoms with Crippen LogP contribution in [0.4, 0.5) is 0 Å². The van der Waals surface area contributed by atoms with E-state index in [1.54, 1.807) is 0 Å². The van der Waals surface area contributed by atoms with Crippen molar-refractivity contribution in [1.29, 1.82) is 0 Å². The fourth-order valence-electron chi connectivity index (χ4n) is 3.08. The van der Waals surface area contributed by atoms with Crippen molar-refractivity contribution < 1.29 is 4.74 Å². The summed E-state index contributed by atoms with van der Waals surface area (Å²) in [6, 6.07) is 0. The van der Waals surface area contributed by atoms with Crippen molar-refractivity contribution in [3.63, 3.8) is 0 Å². The monoisotopic (exact) mass is 235 g/mol. The van der Waals surface area contributed by atoms with Crippen molar-refractivity contribution in [2.45, 2.75) is 30.8 Å². The van der Waals surface area contributed by atoms with E-state index in [4.69, 9.17) is 4.74 Å². The van der Waals surface area contributed by atoms with E-state index in [-0.39, 0.29) is 18.0 Å². The highest BCUT2D eigenvalue weighted by Crippen LogP contribution is 2.46. The van der Waals surface area contributed by atoms with Crippen molar-refractivity contribution in [2.24, 2.45) is 5.92 Å². The van der Waals surface area contributed by atoms with Crippen molar-refractivity contribution >= 4 is 24.2 Å². The molecular formula is C10H18ClNOS. The summed E-state index contributed by atoms with van der Waals surface area (Å²) in [4.78, 5) is 2.58. The van der Waals surface area contributed by atoms with Crippen molar-refractivity contribution in [1.82, 2.24) is 4.90 Å². The van der Waals surface area contributed by atoms with Gasteiger partial charge in [-0.2, -0.15) is 0 Å². The lowest BCUT2D eigenvalue weighted by Crippen LogP contribution is -2.60. The average molecular weight is 236 g/mol. The summed E-state index contributed by atoms with van der Waals surface area (Å²) >= 11 is 1.99. The largest absolute Gasteiger partial charge is 0.359 e. The molecule has 0 aromatic carbocycles. The zero-order valence-electron chi connectivity index (χ0n) is 8.57. The molecule has 4 aliphatic rings. The van der Waals surface area contributed by atoms with E-state index in [0.717, 1.165) is 5.92 Å². The third-order valence-electron chi connectivity index (χ3n) is 3.79. The van der Waals surface area contributed by atoms with Crippen molar-refractivity contribution in [3.8, 4) is 0 Å². The summed E-state index contributed by atoms with van der Waals surface area (Å²) in [6.07, 6.45) is 2.74. The van der Waals surface area contributed by atoms with Crippen LogP contribution in [0.3, 0.4) is 0 Å². The fraction of sp³-hybridized carbons (Fsp3) is 1.00. The van der Waals surface area contributed by atoms with Gasteiger partial charge in [-0.1, -0.05) is 0 Å². The number of ether oxygens (including phenoxy) is 1. The summed E-state index contributed by atoms with van der Waals surface area (Å²) in [5.41, 5.74) is 0.682. The molecule has 4 aliphatic heterocycles. The fourth-order valence-corrected chi connectivity index (χ4v) is 4.25. The Kier molecular flexibility index (Phi) is 3.04. The van der Waals surface area contributed by atoms with E-state index >= 15 is 0 Å². The molecule has 0 aromatic heterocycles. The molecule has 0 aliphatic carbocycles. The van der Waals surface area contributed by atoms with E-state index in [0.29, 0.717) is 5.44 Å². The van der Waals surface area contributed by atoms with Crippen LogP contribution in [0.2, 0.25) is 0 Å². The Balaban J connectivity index is 0.000000750. The predicted molar refractivity (Wildman–Crippen MR) is 62.1 cm³/mol. The summed E-state index contributed by atoms with van der Waals surface area (Å²) in [5.74, 6) is 2.09. The van der Waals surface area contributed by atoms with Crippen LogP contribution >= 0.6 is 24.2 Å². The molecule has 4 rings (SSSR count). The maximum absolute atomic E-state index is 6.14. The van der Waals surface area contributed by atoms with Gasteiger partial charge in [0.1, 0.15) is 5.44 Å². The minimum atomic E-state index is 0. The summed E-state index contributed by atoms with van der Waals surface area (Å²) in [6.45, 7) is 6.02. The third-order valence-corrected chi connectivity index (χ3v) is 5.01. The first kappa shape index (κ1) is 11.1. The van der Waals surface area contributed by atoms with Gasteiger partial charge in [0.25, 0.3) is 0 Å². The van der Waals surface area contributed by atoms with Gasteiger partial charge in [0.2, 0.25) is 0 Å². The number of piperidine rings is 3. The Morgan fingerprint density at radius 2 is 2.07 bits per heavy atom. The van der Waals surface area contributed by atoms with E-state index in [9.17, 15) is 0 Å². The molecule has 4 saturated heterocycles. The van der Waals surface area contributed by atoms with E-state index in [1.807, 2.05) is 11.8 Å². The molecule has 4 heterocycles. The van der Waals surface area contributed by atoms with Gasteiger partial charge in [0, 0.05) is 12.3 Å². The standard InChI is InChI=1S/C10H17NOS.ClH/c1-8-12-10(7-13-8)6-11-4-2-9(10)3-5-11;/h8-9H,2-7H2,1H3;1H/t8-,10?;/m0./s1. The average Bonchev–Trinajstić information content (AvgIpc) is 2.49. The highest BCUT2D eigenvalue weighted by atomic mass is 35.5. The third kappa shape index (κ3) is 1.58. The first-order valence-electron chi connectivity index (χ1n) is 5.30. The van der Waals surface area contributed by atoms with Gasteiger partial charge in [0.15, 0.2) is 0 Å². The second kappa shape index (κ2) is 3.85. The van der Waals surface area contributed by atoms with Crippen molar-refractivity contribution in [3.05, 3.63) is 0 Å². The van der Waals surface area contributed by atoms with Crippen LogP contribution in [0.25, 0.3) is 0 Å². The lowest BCUT2D eigenvalue weighted by Gasteiger charge is -2.50. The summed E-state index contributed by atoms with van der Waals surface area (Å²) < 4.78 is 6.14. The molecule has 2 nitrogen and oxygen atoms in total. The Hall–Kier alpha value is 0.560. The number of rotatable bonds is 0. The van der Waals surface area contributed by atoms with Crippen LogP contribution in [0.5, 0.6) is 0 Å². The molecule has 0 amide bonds. The molecule has 4 heteroatoms. The normalized spacial score (nSPS) is 50.8. The maximum Gasteiger partial charge on any atom is 0.101 e. The van der Waals surface area contributed by atoms with Crippen LogP contribution in [0, 0.1) is 5.92 Å². The van der Waals surface area contributed by atoms with E-state index < -0.39 is 0 Å². The van der Waals surface area contributed by atoms with Crippen LogP contribution < -0.4 is 0 Å². The first-order valence-corrected chi connectivity index (χ1v) is 6.35. The molecule has 0 radical (unpaired) electrons. The lowest BCUT2D eigenvalue weighted by molar-refractivity contribution is -0.133. The van der Waals surface area contributed by atoms with Gasteiger partial charge in [0.05, 0.1) is 5.60 Å². The summed E-state index contributed by atoms with van der Waals surface area (Å²) in [5, 5.41) is 0. The van der Waals surface area contributed by atoms with Gasteiger partial charge in [-0.3, -0.25) is 0 Å². The Morgan fingerprint density at radius 3 is 2.50 bits per heavy atom. The molecule has 1 unspecified atom stereocenters. The first-order chi connectivity index (χ1) is 6.28. The Bertz CT molecular complexity index is 220. The Morgan fingerprint density at radius 1 is 1.36 bits per heavy atom. The zero-order valence-corrected chi connectivity index (χ0v) is 10.2. The molecule has 1 spiro atoms. The lowest BCUT2D eigenvalue weighted by atomic mass is 9.76. The van der Waals surface area contributed by atoms with Gasteiger partial charge in [-0.25, -0.2) is 0 Å². The molecule has 4 fully saturated rings. The summed E-state index contributed by atoms with van der Waals surface area (Å²) in [7, 11) is 0. The minimum Gasteiger partial charge on any atom is -0.359 e. The van der Waals surface area contributed by atoms with E-state index in [2.05, 4.69) is 11.8 Å². The SMILES string of the molecule is C[C@H]1OC2(CS1)CN1CCC2CC1.Cl. The maximum atomic E-state index is 6.14. The molecule has 0 aromatic rings. The van der Waals surface area contributed by atoms with Gasteiger partial charge < -0.3 is 9.64 Å². The molecule has 0 N–H and O–H groups in total. The number of thioether (sulfide) groups is 1. The zero-order chi connectivity index (χ0) is 8.89. The highest BCUT2D eigenvalue weighted by Gasteiger charge is 2.51. The Labute approximate surface area is 96.2 Å². The number of hydrogen-bond acceptors (Lipinski definition) is 3. The molecule has 2 atom stereocenters. The second-order valence-corrected chi connectivity index (χ2v) is 5.90. The second-order valence-electron chi connectivity index (χ2n) is 4.61. The topological polar surface area (TPSA) is 12.5 Å². The van der Waals surface area contributed by atoms with Crippen LogP contribution in [0.15, 0.2) is 0 Å². The molecule has 2 bridgehead atoms. The van der Waals surface area contributed by atoms with Crippen molar-refractivity contribution in [2.75, 3.05) is 25.4 Å². The quantitative estimate of drug-likeness (QED) is 0.637. The molecule has 82 valence electrons. The molecule has 14 heavy (non-hydrogen) atoms. The van der Waals surface area contributed by atoms with Gasteiger partial charge in [-0.05, 0) is 38.8 Å². The minimum absolute atomic E-state index is 0. The number of hydrogen-bond donors (Lipinski definition) is 0. The van der Waals surface area contributed by atoms with Gasteiger partial charge >= 0.3 is 0 Å². The van der Waals surface area contributed by atoms with Crippen LogP contribution in [-0.4, -0.2) is 41.3 Å². The van der Waals surface area contributed by atoms with Crippen LogP contribution in [-0.2, 0) is 4.74 Å². The van der Waals surface area contributed by atoms with Gasteiger partial charge in [-0.15, -0.1) is 24.2 Å². The smallest absolute Gasteiger partial charge is 0.101 e. The number of fused-ring (bicyclic) bond motifs is 2.